The molecule has 0 bridgehead atoms. The monoisotopic (exact) mass is 368 g/mol. The molecule has 0 saturated heterocycles. The summed E-state index contributed by atoms with van der Waals surface area (Å²) in [5.41, 5.74) is -0.0303. The number of halogens is 4. The molecule has 0 aliphatic heterocycles. The van der Waals surface area contributed by atoms with Gasteiger partial charge in [-0.3, -0.25) is 4.79 Å². The smallest absolute Gasteiger partial charge is 0.271 e. The van der Waals surface area contributed by atoms with Crippen molar-refractivity contribution in [1.82, 2.24) is 10.3 Å². The molecule has 2 rings (SSSR count). The lowest BCUT2D eigenvalue weighted by Gasteiger charge is -2.08. The maximum Gasteiger partial charge on any atom is 0.271 e. The summed E-state index contributed by atoms with van der Waals surface area (Å²) in [6.07, 6.45) is 0.732. The summed E-state index contributed by atoms with van der Waals surface area (Å²) in [7, 11) is 0. The van der Waals surface area contributed by atoms with Crippen molar-refractivity contribution in [3.63, 3.8) is 0 Å². The summed E-state index contributed by atoms with van der Waals surface area (Å²) in [6, 6.07) is 3.96. The number of nitrogens with one attached hydrogen (secondary N) is 1. The number of amides is 1. The van der Waals surface area contributed by atoms with Crippen molar-refractivity contribution in [3.8, 4) is 0 Å². The lowest BCUT2D eigenvalue weighted by atomic mass is 10.3. The van der Waals surface area contributed by atoms with Gasteiger partial charge < -0.3 is 5.32 Å². The van der Waals surface area contributed by atoms with Crippen molar-refractivity contribution in [1.29, 1.82) is 0 Å². The number of aromatic nitrogens is 1. The van der Waals surface area contributed by atoms with Crippen LogP contribution in [0, 0.1) is 0 Å². The van der Waals surface area contributed by atoms with E-state index in [0.29, 0.717) is 6.54 Å². The van der Waals surface area contributed by atoms with E-state index >= 15 is 0 Å². The zero-order valence-corrected chi connectivity index (χ0v) is 13.8. The first-order valence-corrected chi connectivity index (χ1v) is 7.90. The van der Waals surface area contributed by atoms with Gasteiger partial charge in [0.05, 0.1) is 15.1 Å². The van der Waals surface area contributed by atoms with E-state index in [1.807, 2.05) is 17.5 Å². The second-order valence-electron chi connectivity index (χ2n) is 3.78. The number of hydrogen-bond donors (Lipinski definition) is 1. The quantitative estimate of drug-likeness (QED) is 0.791. The highest BCUT2D eigenvalue weighted by Gasteiger charge is 2.19. The van der Waals surface area contributed by atoms with E-state index < -0.39 is 5.91 Å². The summed E-state index contributed by atoms with van der Waals surface area (Å²) in [5, 5.41) is 4.70. The Labute approximate surface area is 139 Å². The van der Waals surface area contributed by atoms with Gasteiger partial charge in [-0.15, -0.1) is 11.3 Å². The number of carbonyl (C=O) groups excluding carboxylic acids is 1. The van der Waals surface area contributed by atoms with Crippen LogP contribution in [0.2, 0.25) is 20.2 Å². The molecule has 0 aromatic carbocycles. The van der Waals surface area contributed by atoms with Crippen LogP contribution in [0.4, 0.5) is 0 Å². The molecule has 0 aliphatic carbocycles. The number of thiophene rings is 1. The van der Waals surface area contributed by atoms with E-state index in [0.717, 1.165) is 6.42 Å². The van der Waals surface area contributed by atoms with E-state index in [1.165, 1.54) is 4.88 Å². The molecule has 0 unspecified atom stereocenters. The SMILES string of the molecule is O=C(NCCc1cccs1)c1nc(Cl)c(Cl)c(Cl)c1Cl. The molecule has 2 aromatic heterocycles. The molecule has 0 fully saturated rings. The molecule has 2 aromatic rings. The third kappa shape index (κ3) is 3.57. The van der Waals surface area contributed by atoms with Crippen molar-refractivity contribution in [2.45, 2.75) is 6.42 Å². The van der Waals surface area contributed by atoms with Crippen LogP contribution in [-0.2, 0) is 6.42 Å². The Morgan fingerprint density at radius 2 is 1.95 bits per heavy atom. The van der Waals surface area contributed by atoms with Crippen LogP contribution in [0.3, 0.4) is 0 Å². The Bertz CT molecular complexity index is 631. The molecular formula is C12H8Cl4N2OS. The zero-order chi connectivity index (χ0) is 14.7. The van der Waals surface area contributed by atoms with E-state index in [4.69, 9.17) is 46.4 Å². The predicted octanol–water partition coefficient (Wildman–Crippen LogP) is 4.73. The summed E-state index contributed by atoms with van der Waals surface area (Å²) in [6.45, 7) is 0.467. The Balaban J connectivity index is 2.06. The first-order chi connectivity index (χ1) is 9.50. The lowest BCUT2D eigenvalue weighted by molar-refractivity contribution is 0.0949. The number of rotatable bonds is 4. The minimum absolute atomic E-state index is 0.00492. The highest BCUT2D eigenvalue weighted by Crippen LogP contribution is 2.35. The van der Waals surface area contributed by atoms with Crippen LogP contribution < -0.4 is 5.32 Å². The molecule has 0 aliphatic rings. The second kappa shape index (κ2) is 6.96. The Morgan fingerprint density at radius 3 is 2.60 bits per heavy atom. The Hall–Kier alpha value is -0.520. The molecule has 106 valence electrons. The van der Waals surface area contributed by atoms with Gasteiger partial charge in [-0.1, -0.05) is 52.5 Å². The van der Waals surface area contributed by atoms with Crippen molar-refractivity contribution >= 4 is 63.6 Å². The summed E-state index contributed by atoms with van der Waals surface area (Å²) >= 11 is 25.0. The fourth-order valence-corrected chi connectivity index (χ4v) is 3.00. The molecular weight excluding hydrogens is 362 g/mol. The summed E-state index contributed by atoms with van der Waals surface area (Å²) in [4.78, 5) is 17.0. The van der Waals surface area contributed by atoms with Gasteiger partial charge >= 0.3 is 0 Å². The number of hydrogen-bond acceptors (Lipinski definition) is 3. The van der Waals surface area contributed by atoms with Gasteiger partial charge in [0.1, 0.15) is 10.8 Å². The molecule has 0 atom stereocenters. The van der Waals surface area contributed by atoms with Crippen molar-refractivity contribution in [2.75, 3.05) is 6.54 Å². The predicted molar refractivity (Wildman–Crippen MR) is 84.6 cm³/mol. The number of carbonyl (C=O) groups is 1. The van der Waals surface area contributed by atoms with Gasteiger partial charge in [0.2, 0.25) is 0 Å². The second-order valence-corrected chi connectivity index (χ2v) is 6.30. The normalized spacial score (nSPS) is 10.6. The van der Waals surface area contributed by atoms with Gasteiger partial charge in [-0.2, -0.15) is 0 Å². The molecule has 2 heterocycles. The topological polar surface area (TPSA) is 42.0 Å². The van der Waals surface area contributed by atoms with Crippen LogP contribution in [0.15, 0.2) is 17.5 Å². The van der Waals surface area contributed by atoms with E-state index in [-0.39, 0.29) is 25.9 Å². The standard InChI is InChI=1S/C12H8Cl4N2OS/c13-7-8(14)10(18-11(16)9(7)15)12(19)17-4-3-6-2-1-5-20-6/h1-2,5H,3-4H2,(H,17,19). The zero-order valence-electron chi connectivity index (χ0n) is 9.92. The van der Waals surface area contributed by atoms with Gasteiger partial charge in [-0.25, -0.2) is 4.98 Å². The maximum absolute atomic E-state index is 12.0. The third-order valence-electron chi connectivity index (χ3n) is 2.44. The minimum atomic E-state index is -0.438. The molecule has 20 heavy (non-hydrogen) atoms. The highest BCUT2D eigenvalue weighted by molar-refractivity contribution is 7.09. The van der Waals surface area contributed by atoms with E-state index in [9.17, 15) is 4.79 Å². The molecule has 0 radical (unpaired) electrons. The van der Waals surface area contributed by atoms with Gasteiger partial charge in [0, 0.05) is 11.4 Å². The van der Waals surface area contributed by atoms with E-state index in [2.05, 4.69) is 10.3 Å². The van der Waals surface area contributed by atoms with Crippen LogP contribution >= 0.6 is 57.7 Å². The molecule has 0 saturated carbocycles. The van der Waals surface area contributed by atoms with Gasteiger partial charge in [-0.05, 0) is 17.9 Å². The molecule has 1 N–H and O–H groups in total. The molecule has 8 heteroatoms. The molecule has 1 amide bonds. The average Bonchev–Trinajstić information content (AvgIpc) is 2.93. The summed E-state index contributed by atoms with van der Waals surface area (Å²) in [5.74, 6) is -0.438. The largest absolute Gasteiger partial charge is 0.350 e. The van der Waals surface area contributed by atoms with Crippen molar-refractivity contribution < 1.29 is 4.79 Å². The maximum atomic E-state index is 12.0. The van der Waals surface area contributed by atoms with Crippen LogP contribution in [0.1, 0.15) is 15.4 Å². The number of nitrogens with zero attached hydrogens (tertiary/aromatic N) is 1. The van der Waals surface area contributed by atoms with Crippen molar-refractivity contribution in [3.05, 3.63) is 48.3 Å². The van der Waals surface area contributed by atoms with Crippen LogP contribution in [-0.4, -0.2) is 17.4 Å². The van der Waals surface area contributed by atoms with E-state index in [1.54, 1.807) is 11.3 Å². The minimum Gasteiger partial charge on any atom is -0.350 e. The Morgan fingerprint density at radius 1 is 1.20 bits per heavy atom. The van der Waals surface area contributed by atoms with Gasteiger partial charge in [0.15, 0.2) is 0 Å². The average molecular weight is 370 g/mol. The molecule has 3 nitrogen and oxygen atoms in total. The Kier molecular flexibility index (Phi) is 5.52. The van der Waals surface area contributed by atoms with Crippen molar-refractivity contribution in [2.24, 2.45) is 0 Å². The van der Waals surface area contributed by atoms with Gasteiger partial charge in [0.25, 0.3) is 5.91 Å². The summed E-state index contributed by atoms with van der Waals surface area (Å²) < 4.78 is 0. The highest BCUT2D eigenvalue weighted by atomic mass is 35.5. The fraction of sp³-hybridized carbons (Fsp3) is 0.167. The first kappa shape index (κ1) is 15.9. The molecule has 0 spiro atoms. The number of pyridine rings is 1. The lowest BCUT2D eigenvalue weighted by Crippen LogP contribution is -2.26. The van der Waals surface area contributed by atoms with Crippen LogP contribution in [0.25, 0.3) is 0 Å². The van der Waals surface area contributed by atoms with Crippen LogP contribution in [0.5, 0.6) is 0 Å². The third-order valence-corrected chi connectivity index (χ3v) is 5.05. The fourth-order valence-electron chi connectivity index (χ4n) is 1.48. The first-order valence-electron chi connectivity index (χ1n) is 5.51.